The van der Waals surface area contributed by atoms with Crippen LogP contribution in [-0.2, 0) is 18.5 Å². The monoisotopic (exact) mass is 495 g/mol. The Hall–Kier alpha value is -0.830. The molecule has 0 radical (unpaired) electrons. The molecule has 0 aliphatic carbocycles. The Labute approximate surface area is 164 Å². The molecule has 5 atom stereocenters. The van der Waals surface area contributed by atoms with Crippen LogP contribution in [0.5, 0.6) is 0 Å². The minimum Gasteiger partial charge on any atom is -0.368 e. The molecular formula is C15H19IN3O6P. The predicted octanol–water partition coefficient (Wildman–Crippen LogP) is 1.47. The van der Waals surface area contributed by atoms with Gasteiger partial charge in [0.25, 0.3) is 5.56 Å². The van der Waals surface area contributed by atoms with Crippen molar-refractivity contribution in [3.8, 4) is 6.07 Å². The molecule has 9 nitrogen and oxygen atoms in total. The standard InChI is InChI=1S/C15H19IN3O6P/c1-3-15-8-22-10(11(15)25-26(2)23-6-4-5-17)13(24-15)19-7-9(16)12(20)18-14(19)21/h7,10-11,13H,3-4,6,8H2,1-2H3,(H,18,20,21)/t10?,11-,13-,15+,26?/m1/s1. The Bertz CT molecular complexity index is 823. The molecule has 0 saturated carbocycles. The zero-order valence-corrected chi connectivity index (χ0v) is 17.4. The van der Waals surface area contributed by atoms with Crippen molar-refractivity contribution in [1.82, 2.24) is 9.55 Å². The molecule has 3 rings (SSSR count). The van der Waals surface area contributed by atoms with Gasteiger partial charge in [-0.05, 0) is 29.0 Å². The average molecular weight is 495 g/mol. The maximum atomic E-state index is 12.2. The highest BCUT2D eigenvalue weighted by Crippen LogP contribution is 2.52. The molecule has 1 N–H and O–H groups in total. The molecule has 2 bridgehead atoms. The molecule has 2 aliphatic heterocycles. The first-order chi connectivity index (χ1) is 12.4. The zero-order valence-electron chi connectivity index (χ0n) is 14.3. The molecule has 0 aromatic carbocycles. The van der Waals surface area contributed by atoms with Crippen molar-refractivity contribution in [2.75, 3.05) is 19.9 Å². The number of hydrogen-bond donors (Lipinski definition) is 1. The Balaban J connectivity index is 1.83. The number of hydrogen-bond acceptors (Lipinski definition) is 7. The lowest BCUT2D eigenvalue weighted by Crippen LogP contribution is -2.42. The van der Waals surface area contributed by atoms with Crippen LogP contribution in [-0.4, -0.2) is 47.2 Å². The SMILES string of the molecule is CC[C@@]12COC([C@H](n3cc(I)c(=O)[nH]c3=O)O1)[C@H]2OP(C)OCCC#N. The largest absolute Gasteiger partial charge is 0.368 e. The van der Waals surface area contributed by atoms with E-state index in [2.05, 4.69) is 4.98 Å². The van der Waals surface area contributed by atoms with E-state index >= 15 is 0 Å². The number of aromatic amines is 1. The fraction of sp³-hybridized carbons (Fsp3) is 0.667. The lowest BCUT2D eigenvalue weighted by Gasteiger charge is -2.31. The second-order valence-electron chi connectivity index (χ2n) is 6.05. The van der Waals surface area contributed by atoms with Crippen molar-refractivity contribution in [3.05, 3.63) is 30.6 Å². The second kappa shape index (κ2) is 8.04. The number of fused-ring (bicyclic) bond motifs is 2. The number of halogens is 1. The predicted molar refractivity (Wildman–Crippen MR) is 101 cm³/mol. The number of nitrogens with zero attached hydrogens (tertiary/aromatic N) is 2. The summed E-state index contributed by atoms with van der Waals surface area (Å²) in [7, 11) is -1.22. The number of rotatable bonds is 7. The smallest absolute Gasteiger partial charge is 0.330 e. The number of H-pyrrole nitrogens is 1. The van der Waals surface area contributed by atoms with E-state index in [0.29, 0.717) is 29.6 Å². The van der Waals surface area contributed by atoms with Gasteiger partial charge in [-0.3, -0.25) is 14.3 Å². The molecule has 2 saturated heterocycles. The van der Waals surface area contributed by atoms with Gasteiger partial charge in [-0.15, -0.1) is 0 Å². The van der Waals surface area contributed by atoms with Gasteiger partial charge in [-0.2, -0.15) is 5.26 Å². The summed E-state index contributed by atoms with van der Waals surface area (Å²) < 4.78 is 25.4. The molecule has 2 aliphatic rings. The highest BCUT2D eigenvalue weighted by atomic mass is 127. The molecule has 11 heteroatoms. The fourth-order valence-electron chi connectivity index (χ4n) is 3.16. The highest BCUT2D eigenvalue weighted by molar-refractivity contribution is 14.1. The maximum absolute atomic E-state index is 12.2. The molecule has 2 fully saturated rings. The minimum atomic E-state index is -1.22. The molecule has 2 unspecified atom stereocenters. The number of ether oxygens (including phenoxy) is 2. The van der Waals surface area contributed by atoms with Crippen LogP contribution < -0.4 is 11.2 Å². The van der Waals surface area contributed by atoms with Gasteiger partial charge in [0.05, 0.1) is 29.3 Å². The molecule has 1 aromatic rings. The summed E-state index contributed by atoms with van der Waals surface area (Å²) >= 11 is 1.87. The topological polar surface area (TPSA) is 116 Å². The minimum absolute atomic E-state index is 0.296. The first-order valence-electron chi connectivity index (χ1n) is 8.12. The van der Waals surface area contributed by atoms with Crippen molar-refractivity contribution in [2.45, 2.75) is 43.8 Å². The number of aromatic nitrogens is 2. The lowest BCUT2D eigenvalue weighted by molar-refractivity contribution is -0.175. The van der Waals surface area contributed by atoms with E-state index in [1.54, 1.807) is 0 Å². The van der Waals surface area contributed by atoms with E-state index in [4.69, 9.17) is 23.8 Å². The summed E-state index contributed by atoms with van der Waals surface area (Å²) in [6.45, 7) is 4.46. The zero-order chi connectivity index (χ0) is 18.9. The third-order valence-corrected chi connectivity index (χ3v) is 6.36. The van der Waals surface area contributed by atoms with Gasteiger partial charge in [-0.1, -0.05) is 6.92 Å². The van der Waals surface area contributed by atoms with Crippen LogP contribution in [0.25, 0.3) is 0 Å². The lowest BCUT2D eigenvalue weighted by atomic mass is 9.96. The van der Waals surface area contributed by atoms with Gasteiger partial charge >= 0.3 is 5.69 Å². The van der Waals surface area contributed by atoms with Gasteiger partial charge in [0, 0.05) is 12.9 Å². The Morgan fingerprint density at radius 3 is 3.04 bits per heavy atom. The Kier molecular flexibility index (Phi) is 6.16. The maximum Gasteiger partial charge on any atom is 0.330 e. The first kappa shape index (κ1) is 19.9. The normalized spacial score (nSPS) is 31.1. The first-order valence-corrected chi connectivity index (χ1v) is 10.8. The fourth-order valence-corrected chi connectivity index (χ4v) is 4.64. The van der Waals surface area contributed by atoms with E-state index in [0.717, 1.165) is 0 Å². The van der Waals surface area contributed by atoms with E-state index < -0.39 is 43.7 Å². The van der Waals surface area contributed by atoms with E-state index in [1.165, 1.54) is 10.8 Å². The molecular weight excluding hydrogens is 476 g/mol. The van der Waals surface area contributed by atoms with Crippen LogP contribution in [0.1, 0.15) is 26.0 Å². The molecule has 1 aromatic heterocycles. The Morgan fingerprint density at radius 2 is 2.35 bits per heavy atom. The summed E-state index contributed by atoms with van der Waals surface area (Å²) in [5.41, 5.74) is -1.66. The van der Waals surface area contributed by atoms with Crippen molar-refractivity contribution >= 4 is 31.0 Å². The Morgan fingerprint density at radius 1 is 1.58 bits per heavy atom. The van der Waals surface area contributed by atoms with Crippen LogP contribution in [0.2, 0.25) is 0 Å². The second-order valence-corrected chi connectivity index (χ2v) is 8.56. The van der Waals surface area contributed by atoms with E-state index in [1.807, 2.05) is 42.2 Å². The van der Waals surface area contributed by atoms with Gasteiger partial charge < -0.3 is 18.5 Å². The van der Waals surface area contributed by atoms with Crippen molar-refractivity contribution in [1.29, 1.82) is 5.26 Å². The van der Waals surface area contributed by atoms with E-state index in [9.17, 15) is 9.59 Å². The molecule has 3 heterocycles. The van der Waals surface area contributed by atoms with Gasteiger partial charge in [0.1, 0.15) is 17.8 Å². The summed E-state index contributed by atoms with van der Waals surface area (Å²) in [4.78, 5) is 26.1. The van der Waals surface area contributed by atoms with Gasteiger partial charge in [0.2, 0.25) is 0 Å². The van der Waals surface area contributed by atoms with Gasteiger partial charge in [0.15, 0.2) is 14.6 Å². The third kappa shape index (κ3) is 3.61. The quantitative estimate of drug-likeness (QED) is 0.346. The number of nitriles is 1. The molecule has 0 spiro atoms. The summed E-state index contributed by atoms with van der Waals surface area (Å²) in [6.07, 6.45) is 0.834. The summed E-state index contributed by atoms with van der Waals surface area (Å²) in [6, 6.07) is 2.02. The summed E-state index contributed by atoms with van der Waals surface area (Å²) in [5, 5.41) is 8.60. The number of nitrogens with one attached hydrogen (secondary N) is 1. The highest BCUT2D eigenvalue weighted by Gasteiger charge is 2.62. The third-order valence-electron chi connectivity index (χ3n) is 4.52. The molecule has 26 heavy (non-hydrogen) atoms. The average Bonchev–Trinajstić information content (AvgIpc) is 3.10. The van der Waals surface area contributed by atoms with Crippen molar-refractivity contribution in [3.63, 3.8) is 0 Å². The summed E-state index contributed by atoms with van der Waals surface area (Å²) in [5.74, 6) is 0. The van der Waals surface area contributed by atoms with Crippen LogP contribution in [0, 0.1) is 14.9 Å². The van der Waals surface area contributed by atoms with Gasteiger partial charge in [-0.25, -0.2) is 4.79 Å². The van der Waals surface area contributed by atoms with Crippen LogP contribution in [0.3, 0.4) is 0 Å². The van der Waals surface area contributed by atoms with Crippen LogP contribution in [0.15, 0.2) is 15.8 Å². The van der Waals surface area contributed by atoms with Crippen molar-refractivity contribution < 1.29 is 18.5 Å². The van der Waals surface area contributed by atoms with E-state index in [-0.39, 0.29) is 0 Å². The van der Waals surface area contributed by atoms with Crippen molar-refractivity contribution in [2.24, 2.45) is 0 Å². The molecule has 142 valence electrons. The van der Waals surface area contributed by atoms with Crippen LogP contribution >= 0.6 is 31.0 Å². The molecule has 0 amide bonds. The van der Waals surface area contributed by atoms with Crippen LogP contribution in [0.4, 0.5) is 0 Å².